The minimum Gasteiger partial charge on any atom is -0.497 e. The van der Waals surface area contributed by atoms with E-state index in [1.807, 2.05) is 25.3 Å². The van der Waals surface area contributed by atoms with Crippen LogP contribution in [0.2, 0.25) is 0 Å². The highest BCUT2D eigenvalue weighted by atomic mass is 32.2. The molecule has 1 N–H and O–H groups in total. The van der Waals surface area contributed by atoms with Crippen LogP contribution in [0.15, 0.2) is 39.6 Å². The normalized spacial score (nSPS) is 11.1. The average molecular weight is 434 g/mol. The van der Waals surface area contributed by atoms with Gasteiger partial charge in [0.1, 0.15) is 16.2 Å². The van der Waals surface area contributed by atoms with Gasteiger partial charge in [-0.2, -0.15) is 0 Å². The van der Waals surface area contributed by atoms with Crippen LogP contribution in [0.25, 0.3) is 10.2 Å². The highest BCUT2D eigenvalue weighted by molar-refractivity contribution is 7.99. The van der Waals surface area contributed by atoms with E-state index in [4.69, 9.17) is 9.47 Å². The number of carbonyl (C=O) groups is 1. The summed E-state index contributed by atoms with van der Waals surface area (Å²) in [4.78, 5) is 29.9. The Hall–Kier alpha value is -2.52. The van der Waals surface area contributed by atoms with Crippen molar-refractivity contribution < 1.29 is 14.3 Å². The molecule has 1 amide bonds. The fraction of sp³-hybridized carbons (Fsp3) is 0.350. The van der Waals surface area contributed by atoms with Crippen molar-refractivity contribution in [3.05, 3.63) is 40.0 Å². The topological polar surface area (TPSA) is 82.5 Å². The van der Waals surface area contributed by atoms with Crippen molar-refractivity contribution in [2.75, 3.05) is 25.3 Å². The Balaban J connectivity index is 1.78. The van der Waals surface area contributed by atoms with Crippen LogP contribution in [-0.4, -0.2) is 35.4 Å². The highest BCUT2D eigenvalue weighted by Crippen LogP contribution is 2.29. The largest absolute Gasteiger partial charge is 0.497 e. The molecule has 9 heteroatoms. The van der Waals surface area contributed by atoms with Gasteiger partial charge in [0.2, 0.25) is 5.91 Å². The van der Waals surface area contributed by atoms with E-state index in [9.17, 15) is 9.59 Å². The fourth-order valence-corrected chi connectivity index (χ4v) is 4.36. The zero-order chi connectivity index (χ0) is 21.0. The number of fused-ring (bicyclic) bond motifs is 1. The fourth-order valence-electron chi connectivity index (χ4n) is 2.78. The molecule has 0 saturated heterocycles. The maximum absolute atomic E-state index is 12.8. The van der Waals surface area contributed by atoms with Crippen LogP contribution in [-0.2, 0) is 11.3 Å². The molecule has 7 nitrogen and oxygen atoms in total. The summed E-state index contributed by atoms with van der Waals surface area (Å²) in [6.45, 7) is 4.64. The molecule has 0 unspecified atom stereocenters. The number of aromatic nitrogens is 2. The van der Waals surface area contributed by atoms with Gasteiger partial charge in [-0.1, -0.05) is 25.6 Å². The van der Waals surface area contributed by atoms with E-state index in [2.05, 4.69) is 10.3 Å². The molecule has 0 aliphatic carbocycles. The Kier molecular flexibility index (Phi) is 6.81. The van der Waals surface area contributed by atoms with E-state index in [1.54, 1.807) is 29.9 Å². The number of thioether (sulfide) groups is 1. The van der Waals surface area contributed by atoms with Crippen molar-refractivity contribution in [2.24, 2.45) is 5.92 Å². The number of methoxy groups -OCH3 is 2. The number of ether oxygens (including phenoxy) is 2. The first kappa shape index (κ1) is 21.2. The van der Waals surface area contributed by atoms with Crippen LogP contribution in [0.3, 0.4) is 0 Å². The highest BCUT2D eigenvalue weighted by Gasteiger charge is 2.16. The Morgan fingerprint density at radius 1 is 1.28 bits per heavy atom. The second-order valence-electron chi connectivity index (χ2n) is 6.74. The number of anilines is 1. The van der Waals surface area contributed by atoms with E-state index < -0.39 is 0 Å². The second kappa shape index (κ2) is 9.32. The molecule has 0 bridgehead atoms. The van der Waals surface area contributed by atoms with Crippen LogP contribution in [0, 0.1) is 5.92 Å². The molecule has 154 valence electrons. The van der Waals surface area contributed by atoms with Crippen LogP contribution < -0.4 is 20.3 Å². The minimum atomic E-state index is -0.214. The number of nitrogens with one attached hydrogen (secondary N) is 1. The molecule has 2 aromatic heterocycles. The van der Waals surface area contributed by atoms with E-state index >= 15 is 0 Å². The van der Waals surface area contributed by atoms with Gasteiger partial charge >= 0.3 is 0 Å². The second-order valence-corrected chi connectivity index (χ2v) is 8.60. The molecular weight excluding hydrogens is 410 g/mol. The number of hydrogen-bond donors (Lipinski definition) is 1. The van der Waals surface area contributed by atoms with Crippen LogP contribution >= 0.6 is 23.1 Å². The predicted molar refractivity (Wildman–Crippen MR) is 118 cm³/mol. The lowest BCUT2D eigenvalue weighted by molar-refractivity contribution is -0.113. The summed E-state index contributed by atoms with van der Waals surface area (Å²) in [7, 11) is 3.10. The van der Waals surface area contributed by atoms with Gasteiger partial charge in [-0.05, 0) is 29.5 Å². The zero-order valence-electron chi connectivity index (χ0n) is 16.7. The number of nitrogens with zero attached hydrogens (tertiary/aromatic N) is 2. The standard InChI is InChI=1S/C20H23N3O4S2/c1-12(2)10-23-19(25)18-15(7-8-28-18)22-20(23)29-11-17(24)21-14-6-5-13(26-3)9-16(14)27-4/h5-9,12H,10-11H2,1-4H3,(H,21,24). The van der Waals surface area contributed by atoms with Gasteiger partial charge in [0, 0.05) is 12.6 Å². The van der Waals surface area contributed by atoms with Gasteiger partial charge in [-0.3, -0.25) is 14.2 Å². The van der Waals surface area contributed by atoms with E-state index in [1.165, 1.54) is 30.2 Å². The Labute approximate surface area is 177 Å². The summed E-state index contributed by atoms with van der Waals surface area (Å²) in [6.07, 6.45) is 0. The number of thiophene rings is 1. The SMILES string of the molecule is COc1ccc(NC(=O)CSc2nc3ccsc3c(=O)n2CC(C)C)c(OC)c1. The predicted octanol–water partition coefficient (Wildman–Crippen LogP) is 3.86. The van der Waals surface area contributed by atoms with Gasteiger partial charge in [0.25, 0.3) is 5.56 Å². The molecule has 0 spiro atoms. The lowest BCUT2D eigenvalue weighted by Crippen LogP contribution is -2.25. The van der Waals surface area contributed by atoms with Gasteiger partial charge in [0.15, 0.2) is 5.16 Å². The van der Waals surface area contributed by atoms with Gasteiger partial charge < -0.3 is 14.8 Å². The van der Waals surface area contributed by atoms with E-state index in [0.29, 0.717) is 39.1 Å². The summed E-state index contributed by atoms with van der Waals surface area (Å²) in [5, 5.41) is 5.24. The molecule has 0 aliphatic heterocycles. The van der Waals surface area contributed by atoms with Crippen LogP contribution in [0.5, 0.6) is 11.5 Å². The first-order chi connectivity index (χ1) is 13.9. The molecule has 29 heavy (non-hydrogen) atoms. The summed E-state index contributed by atoms with van der Waals surface area (Å²) in [6, 6.07) is 7.00. The van der Waals surface area contributed by atoms with Gasteiger partial charge in [-0.15, -0.1) is 11.3 Å². The first-order valence-electron chi connectivity index (χ1n) is 9.05. The maximum Gasteiger partial charge on any atom is 0.272 e. The van der Waals surface area contributed by atoms with Crippen molar-refractivity contribution in [2.45, 2.75) is 25.5 Å². The lowest BCUT2D eigenvalue weighted by Gasteiger charge is -2.14. The molecular formula is C20H23N3O4S2. The quantitative estimate of drug-likeness (QED) is 0.429. The van der Waals surface area contributed by atoms with Gasteiger partial charge in [0.05, 0.1) is 31.2 Å². The smallest absolute Gasteiger partial charge is 0.272 e. The van der Waals surface area contributed by atoms with Crippen LogP contribution in [0.1, 0.15) is 13.8 Å². The molecule has 3 aromatic rings. The number of benzene rings is 1. The lowest BCUT2D eigenvalue weighted by atomic mass is 10.2. The third-order valence-corrected chi connectivity index (χ3v) is 5.96. The van der Waals surface area contributed by atoms with Crippen molar-refractivity contribution in [3.63, 3.8) is 0 Å². The number of hydrogen-bond acceptors (Lipinski definition) is 7. The summed E-state index contributed by atoms with van der Waals surface area (Å²) < 4.78 is 12.8. The zero-order valence-corrected chi connectivity index (χ0v) is 18.4. The van der Waals surface area contributed by atoms with Crippen molar-refractivity contribution in [3.8, 4) is 11.5 Å². The number of rotatable bonds is 8. The van der Waals surface area contributed by atoms with E-state index in [-0.39, 0.29) is 23.1 Å². The molecule has 0 fully saturated rings. The Bertz CT molecular complexity index is 1080. The summed E-state index contributed by atoms with van der Waals surface area (Å²) in [5.41, 5.74) is 1.16. The average Bonchev–Trinajstić information content (AvgIpc) is 3.17. The monoisotopic (exact) mass is 433 g/mol. The molecule has 0 radical (unpaired) electrons. The van der Waals surface area contributed by atoms with Crippen molar-refractivity contribution in [1.29, 1.82) is 0 Å². The number of carbonyl (C=O) groups excluding carboxylic acids is 1. The maximum atomic E-state index is 12.8. The van der Waals surface area contributed by atoms with Crippen molar-refractivity contribution >= 4 is 44.9 Å². The molecule has 0 saturated carbocycles. The molecule has 1 aromatic carbocycles. The van der Waals surface area contributed by atoms with Crippen molar-refractivity contribution in [1.82, 2.24) is 9.55 Å². The summed E-state index contributed by atoms with van der Waals surface area (Å²) >= 11 is 2.64. The first-order valence-corrected chi connectivity index (χ1v) is 10.9. The Morgan fingerprint density at radius 2 is 2.07 bits per heavy atom. The molecule has 3 rings (SSSR count). The molecule has 2 heterocycles. The van der Waals surface area contributed by atoms with Crippen LogP contribution in [0.4, 0.5) is 5.69 Å². The van der Waals surface area contributed by atoms with Gasteiger partial charge in [-0.25, -0.2) is 4.98 Å². The molecule has 0 atom stereocenters. The molecule has 0 aliphatic rings. The Morgan fingerprint density at radius 3 is 2.76 bits per heavy atom. The third kappa shape index (κ3) is 4.91. The number of amides is 1. The third-order valence-electron chi connectivity index (χ3n) is 4.09. The minimum absolute atomic E-state index is 0.0570. The summed E-state index contributed by atoms with van der Waals surface area (Å²) in [5.74, 6) is 1.34. The van der Waals surface area contributed by atoms with E-state index in [0.717, 1.165) is 0 Å².